The van der Waals surface area contributed by atoms with Gasteiger partial charge in [-0.3, -0.25) is 0 Å². The van der Waals surface area contributed by atoms with Gasteiger partial charge in [-0.05, 0) is 42.4 Å². The molecule has 236 valence electrons. The topological polar surface area (TPSA) is 83.7 Å². The Balaban J connectivity index is 1.33. The Labute approximate surface area is 275 Å². The molecule has 0 saturated carbocycles. The van der Waals surface area contributed by atoms with E-state index < -0.39 is 5.60 Å². The summed E-state index contributed by atoms with van der Waals surface area (Å²) in [6.07, 6.45) is 3.31. The van der Waals surface area contributed by atoms with Crippen LogP contribution in [0.1, 0.15) is 58.5 Å². The van der Waals surface area contributed by atoms with E-state index in [0.717, 1.165) is 65.2 Å². The van der Waals surface area contributed by atoms with Crippen LogP contribution in [0.15, 0.2) is 78.0 Å². The van der Waals surface area contributed by atoms with Crippen LogP contribution < -0.4 is 9.80 Å². The lowest BCUT2D eigenvalue weighted by molar-refractivity contribution is -0.148. The number of thioether (sulfide) groups is 1. The number of anilines is 2. The highest BCUT2D eigenvalue weighted by molar-refractivity contribution is 7.98. The Hall–Kier alpha value is -3.94. The standard InChI is InChI=1S/C37H39N5O3S/c1-26-29-14-15-33(42(22-27-10-5-3-6-11-27)23-28-12-7-4-8-13-28)30(21-38)34(29)37(25-44-26)20-32-31(24-45-37)35(40-36(39-32)46-2)41-16-9-18-43-19-17-41/h3-8,10-15,26H,9,16-20,22-25H2,1-2H3/t26-,37+/m0/s1. The van der Waals surface area contributed by atoms with Crippen molar-refractivity contribution in [2.24, 2.45) is 0 Å². The normalized spacial score (nSPS) is 20.8. The fourth-order valence-electron chi connectivity index (χ4n) is 6.95. The number of hydrogen-bond donors (Lipinski definition) is 0. The zero-order chi connectivity index (χ0) is 31.5. The average Bonchev–Trinajstić information content (AvgIpc) is 3.39. The molecule has 8 nitrogen and oxygen atoms in total. The van der Waals surface area contributed by atoms with Crippen molar-refractivity contribution >= 4 is 23.3 Å². The smallest absolute Gasteiger partial charge is 0.189 e. The Morgan fingerprint density at radius 1 is 0.978 bits per heavy atom. The molecule has 0 aliphatic carbocycles. The molecule has 1 fully saturated rings. The Kier molecular flexibility index (Phi) is 8.96. The largest absolute Gasteiger partial charge is 0.380 e. The van der Waals surface area contributed by atoms with Crippen LogP contribution in [0.5, 0.6) is 0 Å². The van der Waals surface area contributed by atoms with Crippen LogP contribution in [-0.4, -0.2) is 49.1 Å². The quantitative estimate of drug-likeness (QED) is 0.166. The third-order valence-electron chi connectivity index (χ3n) is 9.26. The summed E-state index contributed by atoms with van der Waals surface area (Å²) >= 11 is 1.55. The molecule has 1 saturated heterocycles. The summed E-state index contributed by atoms with van der Waals surface area (Å²) in [5, 5.41) is 11.7. The molecule has 2 atom stereocenters. The van der Waals surface area contributed by atoms with Gasteiger partial charge in [-0.2, -0.15) is 5.26 Å². The third kappa shape index (κ3) is 5.98. The van der Waals surface area contributed by atoms with Crippen LogP contribution in [0.3, 0.4) is 0 Å². The highest BCUT2D eigenvalue weighted by Gasteiger charge is 2.47. The second-order valence-corrected chi connectivity index (χ2v) is 13.0. The second kappa shape index (κ2) is 13.4. The molecule has 1 aromatic heterocycles. The van der Waals surface area contributed by atoms with E-state index in [2.05, 4.69) is 83.5 Å². The van der Waals surface area contributed by atoms with Gasteiger partial charge in [0.1, 0.15) is 17.5 Å². The Morgan fingerprint density at radius 2 is 1.72 bits per heavy atom. The molecule has 46 heavy (non-hydrogen) atoms. The SMILES string of the molecule is CSc1nc2c(c(N3CCCOCC3)n1)CO[C@@]1(CO[C@@H](C)c3ccc(N(Cc4ccccc4)Cc4ccccc4)c(C#N)c31)C2. The molecule has 3 aromatic carbocycles. The molecular weight excluding hydrogens is 595 g/mol. The van der Waals surface area contributed by atoms with Crippen molar-refractivity contribution in [2.45, 2.75) is 56.3 Å². The number of benzene rings is 3. The summed E-state index contributed by atoms with van der Waals surface area (Å²) in [5.74, 6) is 0.936. The van der Waals surface area contributed by atoms with Crippen LogP contribution >= 0.6 is 11.8 Å². The lowest BCUT2D eigenvalue weighted by Crippen LogP contribution is -2.46. The minimum Gasteiger partial charge on any atom is -0.380 e. The number of aromatic nitrogens is 2. The monoisotopic (exact) mass is 633 g/mol. The first-order valence-corrected chi connectivity index (χ1v) is 17.2. The van der Waals surface area contributed by atoms with Gasteiger partial charge in [0.25, 0.3) is 0 Å². The van der Waals surface area contributed by atoms with Crippen LogP contribution in [-0.2, 0) is 45.9 Å². The summed E-state index contributed by atoms with van der Waals surface area (Å²) < 4.78 is 19.1. The molecule has 0 amide bonds. The van der Waals surface area contributed by atoms with Crippen molar-refractivity contribution in [3.8, 4) is 6.07 Å². The maximum Gasteiger partial charge on any atom is 0.189 e. The molecule has 0 N–H and O–H groups in total. The predicted octanol–water partition coefficient (Wildman–Crippen LogP) is 6.56. The molecule has 3 aliphatic heterocycles. The molecule has 0 bridgehead atoms. The van der Waals surface area contributed by atoms with E-state index in [0.29, 0.717) is 44.9 Å². The van der Waals surface area contributed by atoms with Gasteiger partial charge in [-0.1, -0.05) is 78.5 Å². The highest BCUT2D eigenvalue weighted by atomic mass is 32.2. The molecule has 0 radical (unpaired) electrons. The van der Waals surface area contributed by atoms with Gasteiger partial charge in [0, 0.05) is 50.3 Å². The molecular formula is C37H39N5O3S. The van der Waals surface area contributed by atoms with Crippen LogP contribution in [0.2, 0.25) is 0 Å². The highest BCUT2D eigenvalue weighted by Crippen LogP contribution is 2.48. The second-order valence-electron chi connectivity index (χ2n) is 12.2. The van der Waals surface area contributed by atoms with Gasteiger partial charge in [0.2, 0.25) is 0 Å². The first-order valence-electron chi connectivity index (χ1n) is 16.0. The zero-order valence-corrected chi connectivity index (χ0v) is 27.3. The predicted molar refractivity (Wildman–Crippen MR) is 180 cm³/mol. The maximum absolute atomic E-state index is 11.0. The van der Waals surface area contributed by atoms with Crippen molar-refractivity contribution in [1.82, 2.24) is 9.97 Å². The van der Waals surface area contributed by atoms with E-state index in [4.69, 9.17) is 24.2 Å². The van der Waals surface area contributed by atoms with E-state index in [1.54, 1.807) is 11.8 Å². The minimum atomic E-state index is -0.843. The first kappa shape index (κ1) is 30.7. The van der Waals surface area contributed by atoms with E-state index in [9.17, 15) is 5.26 Å². The summed E-state index contributed by atoms with van der Waals surface area (Å²) in [7, 11) is 0. The number of ether oxygens (including phenoxy) is 3. The van der Waals surface area contributed by atoms with Gasteiger partial charge in [0.15, 0.2) is 5.16 Å². The third-order valence-corrected chi connectivity index (χ3v) is 9.81. The first-order chi connectivity index (χ1) is 22.6. The van der Waals surface area contributed by atoms with Gasteiger partial charge in [-0.25, -0.2) is 9.97 Å². The minimum absolute atomic E-state index is 0.164. The van der Waals surface area contributed by atoms with Gasteiger partial charge in [0.05, 0.1) is 42.9 Å². The van der Waals surface area contributed by atoms with E-state index >= 15 is 0 Å². The van der Waals surface area contributed by atoms with Crippen LogP contribution in [0.25, 0.3) is 0 Å². The molecule has 4 aromatic rings. The van der Waals surface area contributed by atoms with E-state index in [1.165, 1.54) is 11.1 Å². The summed E-state index contributed by atoms with van der Waals surface area (Å²) in [5.41, 5.74) is 6.98. The maximum atomic E-state index is 11.0. The molecule has 1 spiro atoms. The molecule has 3 aliphatic rings. The van der Waals surface area contributed by atoms with Crippen LogP contribution in [0.4, 0.5) is 11.5 Å². The molecule has 0 unspecified atom stereocenters. The number of fused-ring (bicyclic) bond motifs is 3. The summed E-state index contributed by atoms with van der Waals surface area (Å²) in [6, 6.07) is 27.7. The Morgan fingerprint density at radius 3 is 2.41 bits per heavy atom. The number of nitriles is 1. The zero-order valence-electron chi connectivity index (χ0n) is 26.4. The number of hydrogen-bond acceptors (Lipinski definition) is 9. The number of rotatable bonds is 7. The molecule has 7 rings (SSSR count). The van der Waals surface area contributed by atoms with Gasteiger partial charge < -0.3 is 24.0 Å². The van der Waals surface area contributed by atoms with Gasteiger partial charge >= 0.3 is 0 Å². The van der Waals surface area contributed by atoms with E-state index in [1.807, 2.05) is 18.4 Å². The summed E-state index contributed by atoms with van der Waals surface area (Å²) in [4.78, 5) is 14.6. The van der Waals surface area contributed by atoms with Crippen molar-refractivity contribution in [3.63, 3.8) is 0 Å². The van der Waals surface area contributed by atoms with Gasteiger partial charge in [-0.15, -0.1) is 0 Å². The van der Waals surface area contributed by atoms with E-state index in [-0.39, 0.29) is 6.10 Å². The lowest BCUT2D eigenvalue weighted by atomic mass is 9.77. The Bertz CT molecular complexity index is 1680. The van der Waals surface area contributed by atoms with Crippen molar-refractivity contribution in [2.75, 3.05) is 49.0 Å². The molecule has 9 heteroatoms. The summed E-state index contributed by atoms with van der Waals surface area (Å²) in [6.45, 7) is 7.19. The molecule has 4 heterocycles. The average molecular weight is 634 g/mol. The van der Waals surface area contributed by atoms with Crippen molar-refractivity contribution < 1.29 is 14.2 Å². The number of nitrogens with zero attached hydrogens (tertiary/aromatic N) is 5. The van der Waals surface area contributed by atoms with Crippen molar-refractivity contribution in [1.29, 1.82) is 5.26 Å². The van der Waals surface area contributed by atoms with Crippen LogP contribution in [0, 0.1) is 11.3 Å². The lowest BCUT2D eigenvalue weighted by Gasteiger charge is -2.45. The van der Waals surface area contributed by atoms with Crippen molar-refractivity contribution in [3.05, 3.63) is 112 Å². The fourth-order valence-corrected chi connectivity index (χ4v) is 7.33. The fraction of sp³-hybridized carbons (Fsp3) is 0.378.